The van der Waals surface area contributed by atoms with Crippen molar-refractivity contribution < 1.29 is 26.7 Å². The van der Waals surface area contributed by atoms with Crippen LogP contribution in [0.4, 0.5) is 0 Å². The summed E-state index contributed by atoms with van der Waals surface area (Å²) in [6, 6.07) is 4.50. The SMILES string of the molecule is CCCC[n+]1cccc(CN(C)[C@H](CO)C(C)C)c1.[Br-]. The van der Waals surface area contributed by atoms with Crippen LogP contribution < -0.4 is 21.5 Å². The lowest BCUT2D eigenvalue weighted by Gasteiger charge is -2.29. The molecule has 0 fully saturated rings. The Labute approximate surface area is 134 Å². The van der Waals surface area contributed by atoms with Crippen LogP contribution in [-0.2, 0) is 13.1 Å². The van der Waals surface area contributed by atoms with Gasteiger partial charge in [0.25, 0.3) is 0 Å². The van der Waals surface area contributed by atoms with E-state index in [1.54, 1.807) is 0 Å². The Kier molecular flexibility index (Phi) is 10.1. The number of aliphatic hydroxyl groups excluding tert-OH is 1. The summed E-state index contributed by atoms with van der Waals surface area (Å²) >= 11 is 0. The van der Waals surface area contributed by atoms with E-state index in [2.05, 4.69) is 61.8 Å². The maximum absolute atomic E-state index is 9.47. The van der Waals surface area contributed by atoms with Crippen molar-refractivity contribution in [1.29, 1.82) is 0 Å². The molecular formula is C16H29BrN2O. The number of aromatic nitrogens is 1. The highest BCUT2D eigenvalue weighted by Gasteiger charge is 2.18. The minimum Gasteiger partial charge on any atom is -1.00 e. The van der Waals surface area contributed by atoms with Crippen molar-refractivity contribution in [3.63, 3.8) is 0 Å². The molecule has 0 aliphatic heterocycles. The van der Waals surface area contributed by atoms with Gasteiger partial charge in [-0.25, -0.2) is 4.57 Å². The Bertz CT molecular complexity index is 371. The molecule has 1 atom stereocenters. The molecule has 1 heterocycles. The lowest BCUT2D eigenvalue weighted by atomic mass is 10.0. The van der Waals surface area contributed by atoms with E-state index in [1.165, 1.54) is 18.4 Å². The van der Waals surface area contributed by atoms with E-state index in [-0.39, 0.29) is 29.6 Å². The molecule has 3 nitrogen and oxygen atoms in total. The van der Waals surface area contributed by atoms with Crippen molar-refractivity contribution in [1.82, 2.24) is 4.90 Å². The third-order valence-corrected chi connectivity index (χ3v) is 3.64. The minimum absolute atomic E-state index is 0. The second-order valence-electron chi connectivity index (χ2n) is 5.71. The van der Waals surface area contributed by atoms with Crippen molar-refractivity contribution in [3.8, 4) is 0 Å². The maximum Gasteiger partial charge on any atom is 0.173 e. The van der Waals surface area contributed by atoms with Crippen molar-refractivity contribution in [2.45, 2.75) is 52.7 Å². The Balaban J connectivity index is 0.00000361. The zero-order valence-electron chi connectivity index (χ0n) is 13.2. The number of aryl methyl sites for hydroxylation is 1. The first-order chi connectivity index (χ1) is 9.08. The van der Waals surface area contributed by atoms with Crippen molar-refractivity contribution >= 4 is 0 Å². The molecule has 0 saturated heterocycles. The molecule has 0 aromatic carbocycles. The third kappa shape index (κ3) is 6.33. The number of pyridine rings is 1. The Hall–Kier alpha value is -0.450. The molecular weight excluding hydrogens is 316 g/mol. The van der Waals surface area contributed by atoms with Crippen LogP contribution in [0.1, 0.15) is 39.2 Å². The van der Waals surface area contributed by atoms with E-state index in [1.807, 2.05) is 0 Å². The number of halogens is 1. The summed E-state index contributed by atoms with van der Waals surface area (Å²) in [4.78, 5) is 2.24. The molecule has 1 aromatic rings. The zero-order valence-corrected chi connectivity index (χ0v) is 14.8. The van der Waals surface area contributed by atoms with Crippen LogP contribution >= 0.6 is 0 Å². The van der Waals surface area contributed by atoms with E-state index < -0.39 is 0 Å². The molecule has 0 amide bonds. The molecule has 0 aliphatic carbocycles. The molecule has 116 valence electrons. The summed E-state index contributed by atoms with van der Waals surface area (Å²) in [6.07, 6.45) is 6.79. The summed E-state index contributed by atoms with van der Waals surface area (Å²) in [5.41, 5.74) is 1.31. The second kappa shape index (κ2) is 10.3. The summed E-state index contributed by atoms with van der Waals surface area (Å²) in [6.45, 7) is 8.72. The van der Waals surface area contributed by atoms with Crippen LogP contribution in [-0.4, -0.2) is 29.7 Å². The monoisotopic (exact) mass is 344 g/mol. The second-order valence-corrected chi connectivity index (χ2v) is 5.71. The molecule has 20 heavy (non-hydrogen) atoms. The summed E-state index contributed by atoms with van der Waals surface area (Å²) in [7, 11) is 2.09. The Morgan fingerprint density at radius 2 is 2.05 bits per heavy atom. The lowest BCUT2D eigenvalue weighted by Crippen LogP contribution is -3.00. The highest BCUT2D eigenvalue weighted by molar-refractivity contribution is 5.05. The van der Waals surface area contributed by atoms with Gasteiger partial charge < -0.3 is 22.1 Å². The molecule has 1 N–H and O–H groups in total. The maximum atomic E-state index is 9.47. The predicted molar refractivity (Wildman–Crippen MR) is 78.7 cm³/mol. The van der Waals surface area contributed by atoms with Crippen molar-refractivity contribution in [3.05, 3.63) is 30.1 Å². The van der Waals surface area contributed by atoms with Gasteiger partial charge in [0, 0.05) is 30.6 Å². The van der Waals surface area contributed by atoms with Crippen molar-refractivity contribution in [2.75, 3.05) is 13.7 Å². The molecule has 0 radical (unpaired) electrons. The molecule has 4 heteroatoms. The normalized spacial score (nSPS) is 12.6. The highest BCUT2D eigenvalue weighted by atomic mass is 79.9. The Morgan fingerprint density at radius 1 is 1.35 bits per heavy atom. The first kappa shape index (κ1) is 19.6. The van der Waals surface area contributed by atoms with E-state index in [0.717, 1.165) is 13.1 Å². The van der Waals surface area contributed by atoms with Gasteiger partial charge in [-0.05, 0) is 19.0 Å². The van der Waals surface area contributed by atoms with Crippen molar-refractivity contribution in [2.24, 2.45) is 5.92 Å². The summed E-state index contributed by atoms with van der Waals surface area (Å²) in [5.74, 6) is 0.464. The summed E-state index contributed by atoms with van der Waals surface area (Å²) in [5, 5.41) is 9.47. The number of likely N-dealkylation sites (N-methyl/N-ethyl adjacent to an activating group) is 1. The molecule has 1 aromatic heterocycles. The van der Waals surface area contributed by atoms with E-state index >= 15 is 0 Å². The van der Waals surface area contributed by atoms with Crippen LogP contribution in [0.25, 0.3) is 0 Å². The third-order valence-electron chi connectivity index (χ3n) is 3.64. The Morgan fingerprint density at radius 3 is 2.60 bits per heavy atom. The number of aliphatic hydroxyl groups is 1. The predicted octanol–water partition coefficient (Wildman–Crippen LogP) is -0.773. The number of hydrogen-bond acceptors (Lipinski definition) is 2. The van der Waals surface area contributed by atoms with E-state index in [4.69, 9.17) is 0 Å². The first-order valence-electron chi connectivity index (χ1n) is 7.37. The van der Waals surface area contributed by atoms with Crippen LogP contribution in [0.3, 0.4) is 0 Å². The van der Waals surface area contributed by atoms with Gasteiger partial charge in [0.05, 0.1) is 6.61 Å². The zero-order chi connectivity index (χ0) is 14.3. The summed E-state index contributed by atoms with van der Waals surface area (Å²) < 4.78 is 2.26. The molecule has 0 aliphatic rings. The van der Waals surface area contributed by atoms with Gasteiger partial charge in [-0.2, -0.15) is 0 Å². The lowest BCUT2D eigenvalue weighted by molar-refractivity contribution is -0.697. The highest BCUT2D eigenvalue weighted by Crippen LogP contribution is 2.11. The minimum atomic E-state index is 0. The van der Waals surface area contributed by atoms with Gasteiger partial charge in [0.1, 0.15) is 6.54 Å². The van der Waals surface area contributed by atoms with E-state index in [9.17, 15) is 5.11 Å². The molecule has 0 spiro atoms. The fraction of sp³-hybridized carbons (Fsp3) is 0.688. The van der Waals surface area contributed by atoms with Gasteiger partial charge in [-0.1, -0.05) is 27.2 Å². The quantitative estimate of drug-likeness (QED) is 0.627. The van der Waals surface area contributed by atoms with Crippen LogP contribution in [0.15, 0.2) is 24.5 Å². The molecule has 1 rings (SSSR count). The average Bonchev–Trinajstić information content (AvgIpc) is 2.37. The van der Waals surface area contributed by atoms with Crippen LogP contribution in [0, 0.1) is 5.92 Å². The molecule has 0 saturated carbocycles. The largest absolute Gasteiger partial charge is 1.00 e. The van der Waals surface area contributed by atoms with E-state index in [0.29, 0.717) is 5.92 Å². The van der Waals surface area contributed by atoms with Crippen LogP contribution in [0.2, 0.25) is 0 Å². The number of hydrogen-bond donors (Lipinski definition) is 1. The molecule has 0 unspecified atom stereocenters. The fourth-order valence-electron chi connectivity index (χ4n) is 2.41. The average molecular weight is 345 g/mol. The number of nitrogens with zero attached hydrogens (tertiary/aromatic N) is 2. The first-order valence-corrected chi connectivity index (χ1v) is 7.37. The van der Waals surface area contributed by atoms with Gasteiger partial charge in [0.2, 0.25) is 0 Å². The van der Waals surface area contributed by atoms with Gasteiger partial charge in [0.15, 0.2) is 12.4 Å². The fourth-order valence-corrected chi connectivity index (χ4v) is 2.41. The van der Waals surface area contributed by atoms with Crippen LogP contribution in [0.5, 0.6) is 0 Å². The number of unbranched alkanes of at least 4 members (excludes halogenated alkanes) is 1. The van der Waals surface area contributed by atoms with Gasteiger partial charge >= 0.3 is 0 Å². The topological polar surface area (TPSA) is 27.4 Å². The smallest absolute Gasteiger partial charge is 0.173 e. The number of rotatable bonds is 8. The standard InChI is InChI=1S/C16H29N2O.BrH/c1-5-6-9-18-10-7-8-15(12-18)11-17(4)16(13-19)14(2)3;/h7-8,10,12,14,16,19H,5-6,9,11,13H2,1-4H3;1H/q+1;/p-1/t16-;/m1./s1. The van der Waals surface area contributed by atoms with Gasteiger partial charge in [-0.15, -0.1) is 0 Å². The molecule has 0 bridgehead atoms. The van der Waals surface area contributed by atoms with Gasteiger partial charge in [-0.3, -0.25) is 4.90 Å².